The minimum Gasteiger partial charge on any atom is -0.355 e. The summed E-state index contributed by atoms with van der Waals surface area (Å²) in [5.74, 6) is 0.362. The first-order valence-electron chi connectivity index (χ1n) is 8.78. The van der Waals surface area contributed by atoms with Crippen LogP contribution in [0.15, 0.2) is 88.0 Å². The van der Waals surface area contributed by atoms with Gasteiger partial charge in [-0.15, -0.1) is 0 Å². The van der Waals surface area contributed by atoms with E-state index in [2.05, 4.69) is 27.4 Å². The zero-order valence-corrected chi connectivity index (χ0v) is 16.5. The third-order valence-corrected chi connectivity index (χ3v) is 5.85. The Morgan fingerprint density at radius 3 is 2.30 bits per heavy atom. The topological polar surface area (TPSA) is 54.9 Å². The Morgan fingerprint density at radius 2 is 1.56 bits per heavy atom. The number of hydrogen-bond acceptors (Lipinski definition) is 5. The van der Waals surface area contributed by atoms with Crippen molar-refractivity contribution < 1.29 is 4.79 Å². The predicted octanol–water partition coefficient (Wildman–Crippen LogP) is 4.47. The lowest BCUT2D eigenvalue weighted by atomic mass is 10.1. The van der Waals surface area contributed by atoms with Crippen molar-refractivity contribution in [1.82, 2.24) is 15.3 Å². The molecule has 1 heterocycles. The van der Waals surface area contributed by atoms with Crippen LogP contribution in [-0.4, -0.2) is 28.2 Å². The van der Waals surface area contributed by atoms with Crippen LogP contribution in [0.3, 0.4) is 0 Å². The summed E-state index contributed by atoms with van der Waals surface area (Å²) in [6.45, 7) is 0.681. The molecule has 27 heavy (non-hydrogen) atoms. The summed E-state index contributed by atoms with van der Waals surface area (Å²) in [5, 5.41) is 4.59. The van der Waals surface area contributed by atoms with Crippen molar-refractivity contribution in [2.24, 2.45) is 0 Å². The third kappa shape index (κ3) is 6.73. The molecule has 3 rings (SSSR count). The lowest BCUT2D eigenvalue weighted by Crippen LogP contribution is -2.26. The van der Waals surface area contributed by atoms with Crippen LogP contribution in [0, 0.1) is 0 Å². The average Bonchev–Trinajstić information content (AvgIpc) is 2.72. The maximum atomic E-state index is 12.1. The van der Waals surface area contributed by atoms with Gasteiger partial charge in [0.25, 0.3) is 0 Å². The van der Waals surface area contributed by atoms with Gasteiger partial charge in [-0.25, -0.2) is 9.97 Å². The van der Waals surface area contributed by atoms with E-state index in [4.69, 9.17) is 0 Å². The van der Waals surface area contributed by atoms with Crippen molar-refractivity contribution in [1.29, 1.82) is 0 Å². The molecule has 2 aromatic carbocycles. The number of carbonyl (C=O) groups is 1. The molecule has 1 N–H and O–H groups in total. The number of nitrogens with zero attached hydrogens (tertiary/aromatic N) is 2. The first kappa shape index (κ1) is 19.5. The number of aromatic nitrogens is 2. The highest BCUT2D eigenvalue weighted by Gasteiger charge is 2.10. The maximum Gasteiger partial charge on any atom is 0.230 e. The maximum absolute atomic E-state index is 12.1. The van der Waals surface area contributed by atoms with Gasteiger partial charge in [0, 0.05) is 23.8 Å². The standard InChI is InChI=1S/C21H21N3OS2/c25-19(22-13-7-10-17-8-3-1-4-9-17)16-26-20-21(24-15-14-23-20)27-18-11-5-2-6-12-18/h1-6,8-9,11-12,14-15H,7,10,13,16H2,(H,22,25). The summed E-state index contributed by atoms with van der Waals surface area (Å²) in [6, 6.07) is 20.4. The average molecular weight is 396 g/mol. The largest absolute Gasteiger partial charge is 0.355 e. The zero-order chi connectivity index (χ0) is 18.7. The van der Waals surface area contributed by atoms with Crippen molar-refractivity contribution in [3.05, 3.63) is 78.6 Å². The van der Waals surface area contributed by atoms with Crippen LogP contribution in [0.1, 0.15) is 12.0 Å². The van der Waals surface area contributed by atoms with E-state index in [1.165, 1.54) is 17.3 Å². The van der Waals surface area contributed by atoms with Gasteiger partial charge in [0.05, 0.1) is 5.75 Å². The molecule has 1 aromatic heterocycles. The molecule has 4 nitrogen and oxygen atoms in total. The molecule has 0 radical (unpaired) electrons. The SMILES string of the molecule is O=C(CSc1nccnc1Sc1ccccc1)NCCCc1ccccc1. The summed E-state index contributed by atoms with van der Waals surface area (Å²) >= 11 is 2.98. The van der Waals surface area contributed by atoms with Crippen LogP contribution < -0.4 is 5.32 Å². The van der Waals surface area contributed by atoms with Crippen molar-refractivity contribution >= 4 is 29.4 Å². The van der Waals surface area contributed by atoms with E-state index in [-0.39, 0.29) is 5.91 Å². The van der Waals surface area contributed by atoms with E-state index in [0.717, 1.165) is 27.8 Å². The molecule has 0 aliphatic carbocycles. The molecule has 0 unspecified atom stereocenters. The van der Waals surface area contributed by atoms with Crippen LogP contribution in [0.4, 0.5) is 0 Å². The number of thioether (sulfide) groups is 1. The summed E-state index contributed by atoms with van der Waals surface area (Å²) < 4.78 is 0. The number of rotatable bonds is 9. The molecule has 6 heteroatoms. The Balaban J connectivity index is 1.43. The number of aryl methyl sites for hydroxylation is 1. The number of hydrogen-bond donors (Lipinski definition) is 1. The highest BCUT2D eigenvalue weighted by atomic mass is 32.2. The molecule has 3 aromatic rings. The Bertz CT molecular complexity index is 844. The van der Waals surface area contributed by atoms with Gasteiger partial charge < -0.3 is 5.32 Å². The monoisotopic (exact) mass is 395 g/mol. The van der Waals surface area contributed by atoms with Gasteiger partial charge in [0.1, 0.15) is 10.1 Å². The lowest BCUT2D eigenvalue weighted by molar-refractivity contribution is -0.118. The van der Waals surface area contributed by atoms with Crippen molar-refractivity contribution in [2.75, 3.05) is 12.3 Å². The minimum absolute atomic E-state index is 0.0226. The van der Waals surface area contributed by atoms with Gasteiger partial charge in [0.15, 0.2) is 0 Å². The van der Waals surface area contributed by atoms with Gasteiger partial charge in [-0.1, -0.05) is 72.1 Å². The molecule has 0 aliphatic heterocycles. The Morgan fingerprint density at radius 1 is 0.889 bits per heavy atom. The van der Waals surface area contributed by atoms with Gasteiger partial charge >= 0.3 is 0 Å². The molecule has 1 amide bonds. The molecule has 0 aliphatic rings. The molecular formula is C21H21N3OS2. The lowest BCUT2D eigenvalue weighted by Gasteiger charge is -2.08. The summed E-state index contributed by atoms with van der Waals surface area (Å²) in [6.07, 6.45) is 5.24. The minimum atomic E-state index is 0.0226. The Hall–Kier alpha value is -2.31. The molecule has 0 saturated heterocycles. The first-order valence-corrected chi connectivity index (χ1v) is 10.6. The molecule has 0 atom stereocenters. The number of amides is 1. The van der Waals surface area contributed by atoms with E-state index in [1.54, 1.807) is 24.2 Å². The van der Waals surface area contributed by atoms with Crippen molar-refractivity contribution in [2.45, 2.75) is 27.8 Å². The Labute approximate surface area is 168 Å². The van der Waals surface area contributed by atoms with E-state index in [0.29, 0.717) is 12.3 Å². The molecule has 0 bridgehead atoms. The second-order valence-electron chi connectivity index (χ2n) is 5.81. The fourth-order valence-electron chi connectivity index (χ4n) is 2.43. The van der Waals surface area contributed by atoms with Crippen LogP contribution in [0.2, 0.25) is 0 Å². The van der Waals surface area contributed by atoms with Crippen LogP contribution >= 0.6 is 23.5 Å². The molecule has 0 saturated carbocycles. The third-order valence-electron chi connectivity index (χ3n) is 3.74. The Kier molecular flexibility index (Phi) is 7.74. The highest BCUT2D eigenvalue weighted by molar-refractivity contribution is 8.02. The van der Waals surface area contributed by atoms with E-state index >= 15 is 0 Å². The second-order valence-corrected chi connectivity index (χ2v) is 7.84. The normalized spacial score (nSPS) is 10.5. The first-order chi connectivity index (χ1) is 13.3. The summed E-state index contributed by atoms with van der Waals surface area (Å²) in [7, 11) is 0. The second kappa shape index (κ2) is 10.7. The fraction of sp³-hybridized carbons (Fsp3) is 0.190. The molecule has 0 spiro atoms. The fourth-order valence-corrected chi connectivity index (χ4v) is 4.18. The smallest absolute Gasteiger partial charge is 0.230 e. The molecule has 0 fully saturated rings. The van der Waals surface area contributed by atoms with E-state index in [9.17, 15) is 4.79 Å². The van der Waals surface area contributed by atoms with Crippen molar-refractivity contribution in [3.8, 4) is 0 Å². The highest BCUT2D eigenvalue weighted by Crippen LogP contribution is 2.32. The quantitative estimate of drug-likeness (QED) is 0.428. The summed E-state index contributed by atoms with van der Waals surface area (Å²) in [4.78, 5) is 22.0. The van der Waals surface area contributed by atoms with E-state index in [1.807, 2.05) is 48.5 Å². The molecular weight excluding hydrogens is 374 g/mol. The number of carbonyl (C=O) groups excluding carboxylic acids is 1. The van der Waals surface area contributed by atoms with Gasteiger partial charge in [-0.3, -0.25) is 4.79 Å². The summed E-state index contributed by atoms with van der Waals surface area (Å²) in [5.41, 5.74) is 1.29. The predicted molar refractivity (Wildman–Crippen MR) is 111 cm³/mol. The van der Waals surface area contributed by atoms with Gasteiger partial charge in [-0.05, 0) is 30.5 Å². The van der Waals surface area contributed by atoms with E-state index < -0.39 is 0 Å². The van der Waals surface area contributed by atoms with Crippen LogP contribution in [0.5, 0.6) is 0 Å². The zero-order valence-electron chi connectivity index (χ0n) is 14.9. The number of benzene rings is 2. The van der Waals surface area contributed by atoms with Gasteiger partial charge in [-0.2, -0.15) is 0 Å². The van der Waals surface area contributed by atoms with Gasteiger partial charge in [0.2, 0.25) is 5.91 Å². The van der Waals surface area contributed by atoms with Crippen LogP contribution in [0.25, 0.3) is 0 Å². The van der Waals surface area contributed by atoms with Crippen LogP contribution in [-0.2, 0) is 11.2 Å². The number of nitrogens with one attached hydrogen (secondary N) is 1. The van der Waals surface area contributed by atoms with Crippen molar-refractivity contribution in [3.63, 3.8) is 0 Å². The molecule has 138 valence electrons.